The van der Waals surface area contributed by atoms with Crippen LogP contribution < -0.4 is 10.6 Å². The maximum absolute atomic E-state index is 12.3. The summed E-state index contributed by atoms with van der Waals surface area (Å²) in [6.07, 6.45) is 0.705. The van der Waals surface area contributed by atoms with E-state index in [4.69, 9.17) is 17.3 Å². The van der Waals surface area contributed by atoms with Crippen molar-refractivity contribution in [3.63, 3.8) is 0 Å². The molecule has 2 aromatic rings. The van der Waals surface area contributed by atoms with Crippen molar-refractivity contribution >= 4 is 35.2 Å². The molecule has 0 fully saturated rings. The van der Waals surface area contributed by atoms with Crippen molar-refractivity contribution in [2.75, 3.05) is 17.7 Å². The first kappa shape index (κ1) is 14.1. The van der Waals surface area contributed by atoms with Gasteiger partial charge in [0.15, 0.2) is 5.78 Å². The number of nitrogens with zero attached hydrogens (tertiary/aromatic N) is 1. The third-order valence-corrected chi connectivity index (χ3v) is 3.30. The first-order valence-electron chi connectivity index (χ1n) is 5.91. The molecule has 2 rings (SSSR count). The van der Waals surface area contributed by atoms with Crippen molar-refractivity contribution < 1.29 is 9.59 Å². The fourth-order valence-electron chi connectivity index (χ4n) is 1.76. The standard InChI is InChI=1S/C15H13ClN2O2/c1-18(9-19)12-5-2-10(3-6-12)15(20)11-4-7-13(16)14(17)8-11/h2-9H,17H2,1H3. The zero-order valence-corrected chi connectivity index (χ0v) is 11.6. The van der Waals surface area contributed by atoms with E-state index in [1.165, 1.54) is 4.90 Å². The lowest BCUT2D eigenvalue weighted by Gasteiger charge is -2.11. The van der Waals surface area contributed by atoms with E-state index >= 15 is 0 Å². The summed E-state index contributed by atoms with van der Waals surface area (Å²) in [4.78, 5) is 24.4. The molecule has 2 aromatic carbocycles. The monoisotopic (exact) mass is 288 g/mol. The molecule has 0 aliphatic carbocycles. The van der Waals surface area contributed by atoms with Gasteiger partial charge in [0.05, 0.1) is 10.7 Å². The molecule has 0 radical (unpaired) electrons. The van der Waals surface area contributed by atoms with E-state index in [-0.39, 0.29) is 5.78 Å². The number of carbonyl (C=O) groups is 2. The summed E-state index contributed by atoms with van der Waals surface area (Å²) in [5, 5.41) is 0.421. The van der Waals surface area contributed by atoms with Crippen molar-refractivity contribution in [3.05, 3.63) is 58.6 Å². The van der Waals surface area contributed by atoms with Crippen LogP contribution in [0.15, 0.2) is 42.5 Å². The molecular formula is C15H13ClN2O2. The quantitative estimate of drug-likeness (QED) is 0.534. The SMILES string of the molecule is CN(C=O)c1ccc(C(=O)c2ccc(Cl)c(N)c2)cc1. The number of anilines is 2. The lowest BCUT2D eigenvalue weighted by Crippen LogP contribution is -2.13. The minimum atomic E-state index is -0.145. The second kappa shape index (κ2) is 5.75. The first-order valence-corrected chi connectivity index (χ1v) is 6.28. The largest absolute Gasteiger partial charge is 0.398 e. The molecule has 0 saturated carbocycles. The van der Waals surface area contributed by atoms with E-state index in [1.807, 2.05) is 0 Å². The number of benzene rings is 2. The number of halogens is 1. The van der Waals surface area contributed by atoms with E-state index in [2.05, 4.69) is 0 Å². The number of nitrogen functional groups attached to an aromatic ring is 1. The number of amides is 1. The van der Waals surface area contributed by atoms with Crippen molar-refractivity contribution in [1.82, 2.24) is 0 Å². The predicted octanol–water partition coefficient (Wildman–Crippen LogP) is 2.75. The normalized spacial score (nSPS) is 10.1. The average molecular weight is 289 g/mol. The Balaban J connectivity index is 2.29. The molecule has 0 aliphatic rings. The van der Waals surface area contributed by atoms with Gasteiger partial charge in [-0.3, -0.25) is 9.59 Å². The van der Waals surface area contributed by atoms with Gasteiger partial charge in [0.1, 0.15) is 0 Å². The zero-order chi connectivity index (χ0) is 14.7. The topological polar surface area (TPSA) is 63.4 Å². The van der Waals surface area contributed by atoms with Gasteiger partial charge >= 0.3 is 0 Å². The summed E-state index contributed by atoms with van der Waals surface area (Å²) < 4.78 is 0. The Morgan fingerprint density at radius 3 is 2.30 bits per heavy atom. The van der Waals surface area contributed by atoms with Gasteiger partial charge in [0.25, 0.3) is 0 Å². The highest BCUT2D eigenvalue weighted by atomic mass is 35.5. The number of hydrogen-bond donors (Lipinski definition) is 1. The van der Waals surface area contributed by atoms with Crippen molar-refractivity contribution in [2.45, 2.75) is 0 Å². The Morgan fingerprint density at radius 2 is 1.75 bits per heavy atom. The van der Waals surface area contributed by atoms with Gasteiger partial charge in [-0.15, -0.1) is 0 Å². The Morgan fingerprint density at radius 1 is 1.15 bits per heavy atom. The summed E-state index contributed by atoms with van der Waals surface area (Å²) in [7, 11) is 1.64. The average Bonchev–Trinajstić information content (AvgIpc) is 2.48. The van der Waals surface area contributed by atoms with Crippen LogP contribution in [0.5, 0.6) is 0 Å². The van der Waals surface area contributed by atoms with Crippen LogP contribution in [0.3, 0.4) is 0 Å². The second-order valence-corrected chi connectivity index (χ2v) is 4.74. The molecular weight excluding hydrogens is 276 g/mol. The third-order valence-electron chi connectivity index (χ3n) is 2.95. The third kappa shape index (κ3) is 2.81. The summed E-state index contributed by atoms with van der Waals surface area (Å²) in [5.74, 6) is -0.145. The van der Waals surface area contributed by atoms with E-state index in [9.17, 15) is 9.59 Å². The maximum atomic E-state index is 12.3. The van der Waals surface area contributed by atoms with Crippen LogP contribution in [0.4, 0.5) is 11.4 Å². The molecule has 4 nitrogen and oxygen atoms in total. The zero-order valence-electron chi connectivity index (χ0n) is 10.8. The van der Waals surface area contributed by atoms with Crippen molar-refractivity contribution in [3.8, 4) is 0 Å². The van der Waals surface area contributed by atoms with Crippen LogP contribution in [-0.2, 0) is 4.79 Å². The van der Waals surface area contributed by atoms with Gasteiger partial charge in [-0.05, 0) is 42.5 Å². The van der Waals surface area contributed by atoms with Crippen LogP contribution in [0.1, 0.15) is 15.9 Å². The molecule has 20 heavy (non-hydrogen) atoms. The Bertz CT molecular complexity index is 653. The van der Waals surface area contributed by atoms with Gasteiger partial charge in [0.2, 0.25) is 6.41 Å². The molecule has 2 N–H and O–H groups in total. The molecule has 0 atom stereocenters. The van der Waals surface area contributed by atoms with Crippen molar-refractivity contribution in [1.29, 1.82) is 0 Å². The van der Waals surface area contributed by atoms with E-state index in [1.54, 1.807) is 49.5 Å². The number of carbonyl (C=O) groups excluding carboxylic acids is 2. The second-order valence-electron chi connectivity index (χ2n) is 4.33. The molecule has 0 saturated heterocycles. The van der Waals surface area contributed by atoms with Gasteiger partial charge in [-0.1, -0.05) is 11.6 Å². The van der Waals surface area contributed by atoms with Crippen LogP contribution in [0, 0.1) is 0 Å². The maximum Gasteiger partial charge on any atom is 0.213 e. The van der Waals surface area contributed by atoms with Gasteiger partial charge in [-0.25, -0.2) is 0 Å². The Kier molecular flexibility index (Phi) is 4.05. The van der Waals surface area contributed by atoms with Gasteiger partial charge < -0.3 is 10.6 Å². The molecule has 0 heterocycles. The highest BCUT2D eigenvalue weighted by molar-refractivity contribution is 6.33. The fourth-order valence-corrected chi connectivity index (χ4v) is 1.88. The van der Waals surface area contributed by atoms with E-state index < -0.39 is 0 Å². The summed E-state index contributed by atoms with van der Waals surface area (Å²) in [6, 6.07) is 11.5. The van der Waals surface area contributed by atoms with E-state index in [0.717, 1.165) is 0 Å². The highest BCUT2D eigenvalue weighted by Crippen LogP contribution is 2.22. The van der Waals surface area contributed by atoms with E-state index in [0.29, 0.717) is 33.9 Å². The van der Waals surface area contributed by atoms with Crippen LogP contribution in [0.2, 0.25) is 5.02 Å². The fraction of sp³-hybridized carbons (Fsp3) is 0.0667. The smallest absolute Gasteiger partial charge is 0.213 e. The number of rotatable bonds is 4. The summed E-state index contributed by atoms with van der Waals surface area (Å²) in [5.41, 5.74) is 7.77. The van der Waals surface area contributed by atoms with Gasteiger partial charge in [0, 0.05) is 23.9 Å². The van der Waals surface area contributed by atoms with Crippen molar-refractivity contribution in [2.24, 2.45) is 0 Å². The minimum Gasteiger partial charge on any atom is -0.398 e. The van der Waals surface area contributed by atoms with Crippen LogP contribution in [0.25, 0.3) is 0 Å². The Hall–Kier alpha value is -2.33. The molecule has 102 valence electrons. The number of hydrogen-bond acceptors (Lipinski definition) is 3. The Labute approximate surface area is 121 Å². The van der Waals surface area contributed by atoms with Crippen LogP contribution >= 0.6 is 11.6 Å². The molecule has 1 amide bonds. The number of nitrogens with two attached hydrogens (primary N) is 1. The molecule has 0 bridgehead atoms. The molecule has 0 aromatic heterocycles. The summed E-state index contributed by atoms with van der Waals surface area (Å²) in [6.45, 7) is 0. The molecule has 0 aliphatic heterocycles. The van der Waals surface area contributed by atoms with Gasteiger partial charge in [-0.2, -0.15) is 0 Å². The summed E-state index contributed by atoms with van der Waals surface area (Å²) >= 11 is 5.83. The lowest BCUT2D eigenvalue weighted by molar-refractivity contribution is -0.107. The lowest BCUT2D eigenvalue weighted by atomic mass is 10.0. The molecule has 0 unspecified atom stereocenters. The molecule has 5 heteroatoms. The highest BCUT2D eigenvalue weighted by Gasteiger charge is 2.11. The number of ketones is 1. The minimum absolute atomic E-state index is 0.145. The van der Waals surface area contributed by atoms with Crippen LogP contribution in [-0.4, -0.2) is 19.2 Å². The first-order chi connectivity index (χ1) is 9.52. The predicted molar refractivity (Wildman–Crippen MR) is 80.2 cm³/mol. The molecule has 0 spiro atoms.